The van der Waals surface area contributed by atoms with E-state index in [-0.39, 0.29) is 17.2 Å². The van der Waals surface area contributed by atoms with Crippen molar-refractivity contribution in [2.75, 3.05) is 11.1 Å². The van der Waals surface area contributed by atoms with E-state index in [1.54, 1.807) is 19.1 Å². The van der Waals surface area contributed by atoms with Crippen molar-refractivity contribution < 1.29 is 9.31 Å². The molecule has 2 aromatic carbocycles. The van der Waals surface area contributed by atoms with E-state index in [9.17, 15) is 14.5 Å². The molecule has 0 aliphatic rings. The number of aryl methyl sites for hydroxylation is 1. The third kappa shape index (κ3) is 2.79. The average molecular weight is 261 g/mol. The van der Waals surface area contributed by atoms with E-state index in [1.165, 1.54) is 24.3 Å². The number of nitro groups is 1. The molecule has 0 saturated carbocycles. The maximum atomic E-state index is 13.0. The summed E-state index contributed by atoms with van der Waals surface area (Å²) in [5.74, 6) is -0.314. The second-order valence-corrected chi connectivity index (χ2v) is 4.11. The van der Waals surface area contributed by atoms with Crippen LogP contribution in [0.15, 0.2) is 36.4 Å². The van der Waals surface area contributed by atoms with Crippen molar-refractivity contribution in [2.45, 2.75) is 6.92 Å². The molecule has 0 aliphatic carbocycles. The van der Waals surface area contributed by atoms with E-state index in [0.717, 1.165) is 11.3 Å². The molecule has 2 rings (SSSR count). The number of nitrogens with zero attached hydrogens (tertiary/aromatic N) is 1. The summed E-state index contributed by atoms with van der Waals surface area (Å²) in [5, 5.41) is 13.7. The highest BCUT2D eigenvalue weighted by Gasteiger charge is 2.11. The molecule has 0 spiro atoms. The number of benzene rings is 2. The highest BCUT2D eigenvalue weighted by atomic mass is 19.1. The van der Waals surface area contributed by atoms with Crippen molar-refractivity contribution >= 4 is 22.7 Å². The molecule has 98 valence electrons. The summed E-state index contributed by atoms with van der Waals surface area (Å²) in [5.41, 5.74) is 7.60. The fourth-order valence-electron chi connectivity index (χ4n) is 1.72. The van der Waals surface area contributed by atoms with E-state index in [0.29, 0.717) is 5.69 Å². The van der Waals surface area contributed by atoms with Crippen molar-refractivity contribution in [2.24, 2.45) is 0 Å². The second kappa shape index (κ2) is 4.93. The van der Waals surface area contributed by atoms with Crippen LogP contribution in [0.2, 0.25) is 0 Å². The molecule has 5 nitrogen and oxygen atoms in total. The summed E-state index contributed by atoms with van der Waals surface area (Å²) < 4.78 is 13.0. The van der Waals surface area contributed by atoms with E-state index in [2.05, 4.69) is 5.32 Å². The zero-order valence-corrected chi connectivity index (χ0v) is 10.2. The van der Waals surface area contributed by atoms with Crippen LogP contribution in [0.5, 0.6) is 0 Å². The van der Waals surface area contributed by atoms with E-state index in [4.69, 9.17) is 5.73 Å². The topological polar surface area (TPSA) is 81.2 Å². The Morgan fingerprint density at radius 2 is 2.00 bits per heavy atom. The van der Waals surface area contributed by atoms with Gasteiger partial charge in [0.15, 0.2) is 0 Å². The molecule has 2 aromatic rings. The monoisotopic (exact) mass is 261 g/mol. The predicted molar refractivity (Wildman–Crippen MR) is 71.9 cm³/mol. The molecule has 0 fully saturated rings. The van der Waals surface area contributed by atoms with Crippen molar-refractivity contribution in [3.05, 3.63) is 57.9 Å². The van der Waals surface area contributed by atoms with Crippen LogP contribution < -0.4 is 11.1 Å². The molecule has 3 N–H and O–H groups in total. The Labute approximate surface area is 109 Å². The Morgan fingerprint density at radius 3 is 2.58 bits per heavy atom. The van der Waals surface area contributed by atoms with Gasteiger partial charge in [-0.2, -0.15) is 0 Å². The second-order valence-electron chi connectivity index (χ2n) is 4.11. The van der Waals surface area contributed by atoms with Crippen LogP contribution in [0.1, 0.15) is 5.56 Å². The lowest BCUT2D eigenvalue weighted by Gasteiger charge is -2.10. The number of nitro benzene ring substituents is 1. The van der Waals surface area contributed by atoms with Gasteiger partial charge in [-0.25, -0.2) is 4.39 Å². The first-order valence-corrected chi connectivity index (χ1v) is 5.54. The summed E-state index contributed by atoms with van der Waals surface area (Å²) in [6, 6.07) is 8.69. The largest absolute Gasteiger partial charge is 0.393 e. The molecule has 0 heterocycles. The number of anilines is 3. The number of nitrogens with two attached hydrogens (primary N) is 1. The summed E-state index contributed by atoms with van der Waals surface area (Å²) >= 11 is 0. The third-order valence-electron chi connectivity index (χ3n) is 2.69. The number of halogens is 1. The summed E-state index contributed by atoms with van der Waals surface area (Å²) in [7, 11) is 0. The van der Waals surface area contributed by atoms with E-state index in [1.807, 2.05) is 0 Å². The molecule has 19 heavy (non-hydrogen) atoms. The molecule has 0 atom stereocenters. The maximum Gasteiger partial charge on any atom is 0.292 e. The molecule has 0 saturated heterocycles. The predicted octanol–water partition coefficient (Wildman–Crippen LogP) is 3.37. The zero-order valence-electron chi connectivity index (χ0n) is 10.2. The Bertz CT molecular complexity index is 644. The number of nitrogens with one attached hydrogen (secondary N) is 1. The molecule has 0 radical (unpaired) electrons. The Morgan fingerprint density at radius 1 is 1.26 bits per heavy atom. The minimum atomic E-state index is -0.539. The summed E-state index contributed by atoms with van der Waals surface area (Å²) in [4.78, 5) is 10.1. The Balaban J connectivity index is 2.29. The fourth-order valence-corrected chi connectivity index (χ4v) is 1.72. The summed E-state index contributed by atoms with van der Waals surface area (Å²) in [6.07, 6.45) is 0. The number of rotatable bonds is 3. The van der Waals surface area contributed by atoms with Crippen molar-refractivity contribution in [3.8, 4) is 0 Å². The molecule has 6 heteroatoms. The van der Waals surface area contributed by atoms with Crippen LogP contribution in [-0.4, -0.2) is 4.92 Å². The van der Waals surface area contributed by atoms with Gasteiger partial charge in [0.25, 0.3) is 5.69 Å². The van der Waals surface area contributed by atoms with Crippen LogP contribution in [0.3, 0.4) is 0 Å². The zero-order chi connectivity index (χ0) is 14.0. The highest BCUT2D eigenvalue weighted by molar-refractivity contribution is 5.71. The smallest absolute Gasteiger partial charge is 0.292 e. The lowest BCUT2D eigenvalue weighted by Crippen LogP contribution is -1.98. The first kappa shape index (κ1) is 12.8. The van der Waals surface area contributed by atoms with Crippen LogP contribution >= 0.6 is 0 Å². The van der Waals surface area contributed by atoms with E-state index >= 15 is 0 Å². The van der Waals surface area contributed by atoms with Crippen molar-refractivity contribution in [1.29, 1.82) is 0 Å². The Hall–Kier alpha value is -2.63. The number of nitrogen functional groups attached to an aromatic ring is 1. The molecule has 0 aliphatic heterocycles. The molecular weight excluding hydrogens is 249 g/mol. The fraction of sp³-hybridized carbons (Fsp3) is 0.0769. The minimum Gasteiger partial charge on any atom is -0.393 e. The Kier molecular flexibility index (Phi) is 3.33. The van der Waals surface area contributed by atoms with Gasteiger partial charge < -0.3 is 11.1 Å². The van der Waals surface area contributed by atoms with Crippen molar-refractivity contribution in [1.82, 2.24) is 0 Å². The molecule has 0 aromatic heterocycles. The first-order valence-electron chi connectivity index (χ1n) is 5.54. The molecule has 0 bridgehead atoms. The van der Waals surface area contributed by atoms with Crippen LogP contribution in [0, 0.1) is 22.9 Å². The molecular formula is C13H12FN3O2. The van der Waals surface area contributed by atoms with Gasteiger partial charge in [-0.05, 0) is 42.8 Å². The van der Waals surface area contributed by atoms with E-state index < -0.39 is 4.92 Å². The van der Waals surface area contributed by atoms with Gasteiger partial charge in [-0.1, -0.05) is 0 Å². The quantitative estimate of drug-likeness (QED) is 0.504. The van der Waals surface area contributed by atoms with Crippen LogP contribution in [0.25, 0.3) is 0 Å². The lowest BCUT2D eigenvalue weighted by atomic mass is 10.1. The summed E-state index contributed by atoms with van der Waals surface area (Å²) in [6.45, 7) is 1.76. The average Bonchev–Trinajstić information content (AvgIpc) is 2.32. The van der Waals surface area contributed by atoms with Gasteiger partial charge >= 0.3 is 0 Å². The standard InChI is InChI=1S/C13H12FN3O2/c1-8-6-9(14)2-4-12(8)16-10-3-5-13(17(18)19)11(15)7-10/h2-7,16H,15H2,1H3. The third-order valence-corrected chi connectivity index (χ3v) is 2.69. The van der Waals surface area contributed by atoms with Crippen molar-refractivity contribution in [3.63, 3.8) is 0 Å². The maximum absolute atomic E-state index is 13.0. The number of hydrogen-bond donors (Lipinski definition) is 2. The minimum absolute atomic E-state index is 0.0785. The van der Waals surface area contributed by atoms with Gasteiger partial charge in [0.2, 0.25) is 0 Å². The normalized spacial score (nSPS) is 10.2. The highest BCUT2D eigenvalue weighted by Crippen LogP contribution is 2.27. The number of hydrogen-bond acceptors (Lipinski definition) is 4. The van der Waals surface area contributed by atoms with Gasteiger partial charge in [0.05, 0.1) is 4.92 Å². The van der Waals surface area contributed by atoms with Gasteiger partial charge in [-0.3, -0.25) is 10.1 Å². The first-order chi connectivity index (χ1) is 8.97. The van der Waals surface area contributed by atoms with Gasteiger partial charge in [0.1, 0.15) is 11.5 Å². The van der Waals surface area contributed by atoms with Crippen LogP contribution in [0.4, 0.5) is 27.1 Å². The van der Waals surface area contributed by atoms with Gasteiger partial charge in [0, 0.05) is 17.4 Å². The van der Waals surface area contributed by atoms with Crippen LogP contribution in [-0.2, 0) is 0 Å². The van der Waals surface area contributed by atoms with Gasteiger partial charge in [-0.15, -0.1) is 0 Å². The SMILES string of the molecule is Cc1cc(F)ccc1Nc1ccc([N+](=O)[O-])c(N)c1. The molecule has 0 amide bonds. The lowest BCUT2D eigenvalue weighted by molar-refractivity contribution is -0.383. The molecule has 0 unspecified atom stereocenters.